The standard InChI is InChI=1S/C33H24ClNO4S/c1-2-39-25-11-6-5-10-23(25)28-29(30(36)26-12-7-17-40-26)35-24-15-14-20(34)18-19(24)13-16-27(35)33(28)31(37)21-8-3-4-9-22(21)32(33)38/h3-18,27-29H,2H2,1H3/t27?,28-,29+/m0/s1. The fraction of sp³-hybridized carbons (Fsp3) is 0.182. The Balaban J connectivity index is 1.57. The lowest BCUT2D eigenvalue weighted by Crippen LogP contribution is -2.48. The third-order valence-electron chi connectivity index (χ3n) is 8.35. The Hall–Kier alpha value is -4.00. The minimum absolute atomic E-state index is 0.138. The highest BCUT2D eigenvalue weighted by atomic mass is 35.5. The van der Waals surface area contributed by atoms with Crippen LogP contribution in [-0.4, -0.2) is 36.0 Å². The molecule has 3 aliphatic rings. The van der Waals surface area contributed by atoms with Gasteiger partial charge in [-0.25, -0.2) is 0 Å². The summed E-state index contributed by atoms with van der Waals surface area (Å²) in [4.78, 5) is 46.5. The van der Waals surface area contributed by atoms with E-state index in [4.69, 9.17) is 16.3 Å². The Morgan fingerprint density at radius 3 is 2.40 bits per heavy atom. The number of thiophene rings is 1. The third kappa shape index (κ3) is 3.30. The van der Waals surface area contributed by atoms with E-state index < -0.39 is 23.4 Å². The lowest BCUT2D eigenvalue weighted by molar-refractivity contribution is 0.0664. The predicted octanol–water partition coefficient (Wildman–Crippen LogP) is 7.12. The zero-order valence-corrected chi connectivity index (χ0v) is 23.1. The monoisotopic (exact) mass is 565 g/mol. The summed E-state index contributed by atoms with van der Waals surface area (Å²) in [6.07, 6.45) is 3.81. The molecule has 0 radical (unpaired) electrons. The van der Waals surface area contributed by atoms with Gasteiger partial charge in [0.1, 0.15) is 17.2 Å². The lowest BCUT2D eigenvalue weighted by Gasteiger charge is -2.37. The zero-order valence-electron chi connectivity index (χ0n) is 21.5. The first-order valence-electron chi connectivity index (χ1n) is 13.2. The van der Waals surface area contributed by atoms with Crippen molar-refractivity contribution in [2.45, 2.75) is 24.9 Å². The fourth-order valence-electron chi connectivity index (χ4n) is 6.88. The second kappa shape index (κ2) is 9.29. The molecular formula is C33H24ClNO4S. The van der Waals surface area contributed by atoms with Crippen molar-refractivity contribution in [1.82, 2.24) is 0 Å². The van der Waals surface area contributed by atoms with Gasteiger partial charge in [-0.1, -0.05) is 72.3 Å². The number of ether oxygens (including phenoxy) is 1. The van der Waals surface area contributed by atoms with Gasteiger partial charge in [-0.3, -0.25) is 14.4 Å². The van der Waals surface area contributed by atoms with E-state index in [1.54, 1.807) is 36.4 Å². The van der Waals surface area contributed by atoms with Crippen molar-refractivity contribution >= 4 is 52.1 Å². The topological polar surface area (TPSA) is 63.7 Å². The van der Waals surface area contributed by atoms with Crippen LogP contribution in [0.4, 0.5) is 5.69 Å². The summed E-state index contributed by atoms with van der Waals surface area (Å²) in [7, 11) is 0. The van der Waals surface area contributed by atoms with E-state index in [1.165, 1.54) is 11.3 Å². The lowest BCUT2D eigenvalue weighted by atomic mass is 9.64. The van der Waals surface area contributed by atoms with Crippen LogP contribution in [0.3, 0.4) is 0 Å². The Morgan fingerprint density at radius 1 is 0.975 bits per heavy atom. The van der Waals surface area contributed by atoms with Crippen LogP contribution in [0.15, 0.2) is 90.3 Å². The maximum Gasteiger partial charge on any atom is 0.195 e. The van der Waals surface area contributed by atoms with Gasteiger partial charge in [0.15, 0.2) is 17.3 Å². The average Bonchev–Trinajstić information content (AvgIpc) is 3.67. The van der Waals surface area contributed by atoms with E-state index in [9.17, 15) is 14.4 Å². The molecule has 5 nitrogen and oxygen atoms in total. The minimum atomic E-state index is -1.57. The number of hydrogen-bond donors (Lipinski definition) is 0. The van der Waals surface area contributed by atoms with E-state index in [2.05, 4.69) is 0 Å². The number of rotatable bonds is 5. The molecule has 1 fully saturated rings. The van der Waals surface area contributed by atoms with Crippen molar-refractivity contribution in [1.29, 1.82) is 0 Å². The molecule has 2 aliphatic heterocycles. The molecule has 0 saturated carbocycles. The summed E-state index contributed by atoms with van der Waals surface area (Å²) in [5.41, 5.74) is 1.49. The first kappa shape index (κ1) is 25.0. The highest BCUT2D eigenvalue weighted by Crippen LogP contribution is 2.62. The number of para-hydroxylation sites is 1. The fourth-order valence-corrected chi connectivity index (χ4v) is 7.76. The van der Waals surface area contributed by atoms with Crippen LogP contribution in [0.2, 0.25) is 5.02 Å². The maximum absolute atomic E-state index is 14.7. The molecule has 0 N–H and O–H groups in total. The Labute approximate surface area is 240 Å². The molecule has 3 atom stereocenters. The summed E-state index contributed by atoms with van der Waals surface area (Å²) in [5.74, 6) is -0.907. The summed E-state index contributed by atoms with van der Waals surface area (Å²) in [6.45, 7) is 2.29. The molecule has 1 spiro atoms. The number of carbonyl (C=O) groups excluding carboxylic acids is 3. The number of nitrogens with zero attached hydrogens (tertiary/aromatic N) is 1. The molecule has 1 aromatic heterocycles. The number of halogens is 1. The van der Waals surface area contributed by atoms with E-state index >= 15 is 0 Å². The van der Waals surface area contributed by atoms with Crippen molar-refractivity contribution in [3.05, 3.63) is 122 Å². The molecule has 3 aromatic carbocycles. The molecule has 1 aliphatic carbocycles. The van der Waals surface area contributed by atoms with Gasteiger partial charge in [-0.15, -0.1) is 11.3 Å². The SMILES string of the molecule is CCOc1ccccc1[C@H]1[C@H](C(=O)c2cccs2)N2c3ccc(Cl)cc3C=CC2C12C(=O)c1ccccc1C2=O. The largest absolute Gasteiger partial charge is 0.494 e. The third-order valence-corrected chi connectivity index (χ3v) is 9.47. The molecule has 7 rings (SSSR count). The van der Waals surface area contributed by atoms with Gasteiger partial charge in [-0.05, 0) is 48.2 Å². The summed E-state index contributed by atoms with van der Waals surface area (Å²) < 4.78 is 6.07. The molecule has 7 heteroatoms. The highest BCUT2D eigenvalue weighted by Gasteiger charge is 2.72. The van der Waals surface area contributed by atoms with Crippen LogP contribution < -0.4 is 9.64 Å². The Bertz CT molecular complexity index is 1690. The first-order chi connectivity index (χ1) is 19.5. The van der Waals surface area contributed by atoms with Crippen LogP contribution in [0.25, 0.3) is 6.08 Å². The van der Waals surface area contributed by atoms with Crippen molar-refractivity contribution in [2.24, 2.45) is 5.41 Å². The van der Waals surface area contributed by atoms with E-state index in [0.29, 0.717) is 38.9 Å². The van der Waals surface area contributed by atoms with Crippen molar-refractivity contribution < 1.29 is 19.1 Å². The van der Waals surface area contributed by atoms with Crippen LogP contribution in [0, 0.1) is 5.41 Å². The molecule has 0 amide bonds. The van der Waals surface area contributed by atoms with Gasteiger partial charge < -0.3 is 9.64 Å². The molecule has 40 heavy (non-hydrogen) atoms. The molecule has 1 unspecified atom stereocenters. The Morgan fingerprint density at radius 2 is 1.70 bits per heavy atom. The van der Waals surface area contributed by atoms with Gasteiger partial charge in [-0.2, -0.15) is 0 Å². The summed E-state index contributed by atoms with van der Waals surface area (Å²) >= 11 is 7.72. The summed E-state index contributed by atoms with van der Waals surface area (Å²) in [6, 6.07) is 22.1. The number of Topliss-reactive ketones (excluding diaryl/α,β-unsaturated/α-hetero) is 3. The van der Waals surface area contributed by atoms with Gasteiger partial charge in [0.2, 0.25) is 0 Å². The second-order valence-electron chi connectivity index (χ2n) is 10.2. The quantitative estimate of drug-likeness (QED) is 0.190. The van der Waals surface area contributed by atoms with Gasteiger partial charge in [0.25, 0.3) is 0 Å². The van der Waals surface area contributed by atoms with E-state index in [1.807, 2.05) is 71.8 Å². The number of hydrogen-bond acceptors (Lipinski definition) is 6. The molecule has 0 bridgehead atoms. The van der Waals surface area contributed by atoms with Gasteiger partial charge in [0, 0.05) is 33.3 Å². The number of fused-ring (bicyclic) bond motifs is 5. The van der Waals surface area contributed by atoms with Crippen LogP contribution in [-0.2, 0) is 0 Å². The van der Waals surface area contributed by atoms with E-state index in [-0.39, 0.29) is 17.3 Å². The van der Waals surface area contributed by atoms with Crippen LogP contribution in [0.1, 0.15) is 54.4 Å². The average molecular weight is 566 g/mol. The predicted molar refractivity (Wildman–Crippen MR) is 157 cm³/mol. The van der Waals surface area contributed by atoms with Crippen molar-refractivity contribution in [2.75, 3.05) is 11.5 Å². The number of anilines is 1. The van der Waals surface area contributed by atoms with Gasteiger partial charge in [0.05, 0.1) is 17.5 Å². The highest BCUT2D eigenvalue weighted by molar-refractivity contribution is 7.12. The van der Waals surface area contributed by atoms with Gasteiger partial charge >= 0.3 is 0 Å². The van der Waals surface area contributed by atoms with Crippen molar-refractivity contribution in [3.8, 4) is 5.75 Å². The Kier molecular flexibility index (Phi) is 5.81. The van der Waals surface area contributed by atoms with Crippen LogP contribution >= 0.6 is 22.9 Å². The van der Waals surface area contributed by atoms with Crippen molar-refractivity contribution in [3.63, 3.8) is 0 Å². The number of carbonyl (C=O) groups is 3. The van der Waals surface area contributed by atoms with Crippen LogP contribution in [0.5, 0.6) is 5.75 Å². The maximum atomic E-state index is 14.7. The number of benzene rings is 3. The number of ketones is 3. The zero-order chi connectivity index (χ0) is 27.6. The molecule has 3 heterocycles. The summed E-state index contributed by atoms with van der Waals surface area (Å²) in [5, 5.41) is 2.43. The second-order valence-corrected chi connectivity index (χ2v) is 11.6. The molecular weight excluding hydrogens is 542 g/mol. The normalized spacial score (nSPS) is 21.9. The van der Waals surface area contributed by atoms with E-state index in [0.717, 1.165) is 11.3 Å². The minimum Gasteiger partial charge on any atom is -0.494 e. The molecule has 1 saturated heterocycles. The molecule has 4 aromatic rings. The molecule has 198 valence electrons. The first-order valence-corrected chi connectivity index (χ1v) is 14.5. The smallest absolute Gasteiger partial charge is 0.195 e.